The number of hydrogen-bond acceptors (Lipinski definition) is 4. The topological polar surface area (TPSA) is 35.2 Å². The van der Waals surface area contributed by atoms with E-state index in [4.69, 9.17) is 10.5 Å². The lowest BCUT2D eigenvalue weighted by Crippen LogP contribution is -2.34. The molecule has 18 heavy (non-hydrogen) atoms. The second-order valence-corrected chi connectivity index (χ2v) is 7.10. The van der Waals surface area contributed by atoms with Crippen LogP contribution in [0.15, 0.2) is 18.2 Å². The first-order valence-corrected chi connectivity index (χ1v) is 8.05. The third-order valence-corrected chi connectivity index (χ3v) is 6.37. The summed E-state index contributed by atoms with van der Waals surface area (Å²) in [5.74, 6) is 2.50. The number of ether oxygens (including phenoxy) is 1. The monoisotopic (exact) mass is 287 g/mol. The molecule has 0 spiro atoms. The Hall–Kier alpha value is -0.390. The molecule has 3 atom stereocenters. The van der Waals surface area contributed by atoms with Gasteiger partial charge in [0.15, 0.2) is 0 Å². The molecule has 1 aromatic rings. The number of thioether (sulfide) groups is 2. The fraction of sp³-hybridized carbons (Fsp3) is 0.538. The van der Waals surface area contributed by atoms with Gasteiger partial charge in [-0.1, -0.05) is 13.0 Å². The van der Waals surface area contributed by atoms with Crippen molar-refractivity contribution in [1.29, 1.82) is 0 Å². The van der Waals surface area contributed by atoms with Crippen molar-refractivity contribution in [1.82, 2.24) is 0 Å². The van der Waals surface area contributed by atoms with E-state index < -0.39 is 0 Å². The number of halogens is 1. The molecule has 1 saturated heterocycles. The van der Waals surface area contributed by atoms with Crippen molar-refractivity contribution in [3.8, 4) is 5.75 Å². The molecule has 1 aromatic carbocycles. The number of methoxy groups -OCH3 is 1. The van der Waals surface area contributed by atoms with Crippen LogP contribution in [0.25, 0.3) is 0 Å². The Morgan fingerprint density at radius 3 is 2.72 bits per heavy atom. The Bertz CT molecular complexity index is 416. The minimum absolute atomic E-state index is 0.260. The predicted octanol–water partition coefficient (Wildman–Crippen LogP) is 3.07. The Morgan fingerprint density at radius 1 is 1.39 bits per heavy atom. The molecule has 1 heterocycles. The highest BCUT2D eigenvalue weighted by molar-refractivity contribution is 8.07. The maximum absolute atomic E-state index is 14.0. The summed E-state index contributed by atoms with van der Waals surface area (Å²) < 4.78 is 19.0. The van der Waals surface area contributed by atoms with Crippen LogP contribution >= 0.6 is 23.5 Å². The summed E-state index contributed by atoms with van der Waals surface area (Å²) >= 11 is 3.76. The molecular formula is C13H18FNOS2. The van der Waals surface area contributed by atoms with E-state index in [1.807, 2.05) is 23.5 Å². The number of rotatable bonds is 3. The van der Waals surface area contributed by atoms with Crippen LogP contribution in [0.2, 0.25) is 0 Å². The Balaban J connectivity index is 2.19. The van der Waals surface area contributed by atoms with Crippen LogP contribution in [0, 0.1) is 5.82 Å². The maximum Gasteiger partial charge on any atom is 0.131 e. The van der Waals surface area contributed by atoms with E-state index in [9.17, 15) is 4.39 Å². The van der Waals surface area contributed by atoms with E-state index in [1.165, 1.54) is 13.2 Å². The zero-order valence-corrected chi connectivity index (χ0v) is 12.2. The fourth-order valence-electron chi connectivity index (χ4n) is 2.13. The normalized spacial score (nSPS) is 25.8. The van der Waals surface area contributed by atoms with Crippen molar-refractivity contribution in [3.05, 3.63) is 29.6 Å². The first-order chi connectivity index (χ1) is 8.63. The smallest absolute Gasteiger partial charge is 0.131 e. The van der Waals surface area contributed by atoms with E-state index in [0.717, 1.165) is 11.5 Å². The largest absolute Gasteiger partial charge is 0.497 e. The molecule has 0 bridgehead atoms. The summed E-state index contributed by atoms with van der Waals surface area (Å²) in [6.45, 7) is 2.17. The summed E-state index contributed by atoms with van der Waals surface area (Å²) in [5, 5.41) is 0.729. The summed E-state index contributed by atoms with van der Waals surface area (Å²) in [4.78, 5) is 0. The van der Waals surface area contributed by atoms with Crippen molar-refractivity contribution in [2.45, 2.75) is 23.5 Å². The third-order valence-electron chi connectivity index (χ3n) is 3.16. The molecule has 2 nitrogen and oxygen atoms in total. The molecule has 0 saturated carbocycles. The predicted molar refractivity (Wildman–Crippen MR) is 78.0 cm³/mol. The van der Waals surface area contributed by atoms with Gasteiger partial charge in [0.2, 0.25) is 0 Å². The second kappa shape index (κ2) is 6.17. The van der Waals surface area contributed by atoms with Crippen LogP contribution in [-0.4, -0.2) is 29.1 Å². The van der Waals surface area contributed by atoms with Crippen LogP contribution in [0.3, 0.4) is 0 Å². The molecule has 0 aliphatic carbocycles. The van der Waals surface area contributed by atoms with Gasteiger partial charge in [0.1, 0.15) is 11.6 Å². The molecule has 0 amide bonds. The lowest BCUT2D eigenvalue weighted by atomic mass is 10.0. The Kier molecular flexibility index (Phi) is 4.81. The van der Waals surface area contributed by atoms with Crippen LogP contribution in [0.5, 0.6) is 5.75 Å². The molecule has 2 N–H and O–H groups in total. The Morgan fingerprint density at radius 2 is 2.11 bits per heavy atom. The van der Waals surface area contributed by atoms with Gasteiger partial charge in [-0.15, -0.1) is 0 Å². The highest BCUT2D eigenvalue weighted by atomic mass is 32.2. The minimum Gasteiger partial charge on any atom is -0.497 e. The lowest BCUT2D eigenvalue weighted by molar-refractivity contribution is 0.410. The molecule has 0 aromatic heterocycles. The maximum atomic E-state index is 14.0. The SMILES string of the molecule is COc1ccc(C(N)C2SCCSC2C)c(F)c1. The molecule has 1 fully saturated rings. The van der Waals surface area contributed by atoms with Gasteiger partial charge >= 0.3 is 0 Å². The lowest BCUT2D eigenvalue weighted by Gasteiger charge is -2.32. The molecular weight excluding hydrogens is 269 g/mol. The highest BCUT2D eigenvalue weighted by Gasteiger charge is 2.30. The molecule has 3 unspecified atom stereocenters. The molecule has 100 valence electrons. The van der Waals surface area contributed by atoms with E-state index in [0.29, 0.717) is 16.6 Å². The van der Waals surface area contributed by atoms with Gasteiger partial charge in [0.25, 0.3) is 0 Å². The van der Waals surface area contributed by atoms with E-state index >= 15 is 0 Å². The molecule has 5 heteroatoms. The van der Waals surface area contributed by atoms with Gasteiger partial charge in [-0.3, -0.25) is 0 Å². The first kappa shape index (κ1) is 14.0. The van der Waals surface area contributed by atoms with Crippen molar-refractivity contribution in [2.75, 3.05) is 18.6 Å². The average molecular weight is 287 g/mol. The minimum atomic E-state index is -0.273. The Labute approximate surface area is 116 Å². The van der Waals surface area contributed by atoms with Gasteiger partial charge in [-0.25, -0.2) is 4.39 Å². The van der Waals surface area contributed by atoms with Gasteiger partial charge in [0, 0.05) is 39.7 Å². The highest BCUT2D eigenvalue weighted by Crippen LogP contribution is 2.38. The number of nitrogens with two attached hydrogens (primary N) is 1. The molecule has 1 aliphatic heterocycles. The van der Waals surface area contributed by atoms with Crippen molar-refractivity contribution >= 4 is 23.5 Å². The quantitative estimate of drug-likeness (QED) is 0.926. The van der Waals surface area contributed by atoms with Crippen molar-refractivity contribution < 1.29 is 9.13 Å². The van der Waals surface area contributed by atoms with Crippen molar-refractivity contribution in [2.24, 2.45) is 5.73 Å². The van der Waals surface area contributed by atoms with Crippen LogP contribution in [0.1, 0.15) is 18.5 Å². The molecule has 0 radical (unpaired) electrons. The second-order valence-electron chi connectivity index (χ2n) is 4.32. The van der Waals surface area contributed by atoms with E-state index in [2.05, 4.69) is 6.92 Å². The zero-order valence-electron chi connectivity index (χ0n) is 10.6. The number of hydrogen-bond donors (Lipinski definition) is 1. The van der Waals surface area contributed by atoms with E-state index in [1.54, 1.807) is 12.1 Å². The standard InChI is InChI=1S/C13H18FNOS2/c1-8-13(18-6-5-17-8)12(15)10-4-3-9(16-2)7-11(10)14/h3-4,7-8,12-13H,5-6,15H2,1-2H3. The zero-order chi connectivity index (χ0) is 13.1. The summed E-state index contributed by atoms with van der Waals surface area (Å²) in [6, 6.07) is 4.65. The summed E-state index contributed by atoms with van der Waals surface area (Å²) in [6.07, 6.45) is 0. The average Bonchev–Trinajstić information content (AvgIpc) is 2.38. The van der Waals surface area contributed by atoms with Gasteiger partial charge in [-0.2, -0.15) is 23.5 Å². The van der Waals surface area contributed by atoms with Crippen molar-refractivity contribution in [3.63, 3.8) is 0 Å². The van der Waals surface area contributed by atoms with Crippen LogP contribution in [0.4, 0.5) is 4.39 Å². The number of benzene rings is 1. The molecule has 1 aliphatic rings. The van der Waals surface area contributed by atoms with Crippen LogP contribution in [-0.2, 0) is 0 Å². The fourth-order valence-corrected chi connectivity index (χ4v) is 5.00. The van der Waals surface area contributed by atoms with E-state index in [-0.39, 0.29) is 17.1 Å². The third kappa shape index (κ3) is 2.95. The first-order valence-electron chi connectivity index (χ1n) is 5.95. The summed E-state index contributed by atoms with van der Waals surface area (Å²) in [5.41, 5.74) is 6.82. The molecule has 2 rings (SSSR count). The van der Waals surface area contributed by atoms with Crippen LogP contribution < -0.4 is 10.5 Å². The summed E-state index contributed by atoms with van der Waals surface area (Å²) in [7, 11) is 1.53. The van der Waals surface area contributed by atoms with Gasteiger partial charge in [-0.05, 0) is 6.07 Å². The van der Waals surface area contributed by atoms with Gasteiger partial charge < -0.3 is 10.5 Å². The van der Waals surface area contributed by atoms with Gasteiger partial charge in [0.05, 0.1) is 7.11 Å².